The van der Waals surface area contributed by atoms with Crippen molar-refractivity contribution in [2.24, 2.45) is 0 Å². The van der Waals surface area contributed by atoms with E-state index in [0.29, 0.717) is 19.0 Å². The molecule has 1 saturated carbocycles. The molecule has 0 aromatic heterocycles. The van der Waals surface area contributed by atoms with Gasteiger partial charge in [0.25, 0.3) is 5.91 Å². The van der Waals surface area contributed by atoms with E-state index in [-0.39, 0.29) is 18.6 Å². The molecular weight excluding hydrogens is 206 g/mol. The van der Waals surface area contributed by atoms with Gasteiger partial charge in [0.15, 0.2) is 0 Å². The number of aliphatic hydroxyl groups excluding tert-OH is 1. The van der Waals surface area contributed by atoms with Crippen LogP contribution >= 0.6 is 0 Å². The summed E-state index contributed by atoms with van der Waals surface area (Å²) in [6.45, 7) is 1.55. The van der Waals surface area contributed by atoms with Crippen molar-refractivity contribution in [2.45, 2.75) is 50.7 Å². The van der Waals surface area contributed by atoms with Gasteiger partial charge < -0.3 is 14.7 Å². The summed E-state index contributed by atoms with van der Waals surface area (Å²) in [6.07, 6.45) is 5.78. The van der Waals surface area contributed by atoms with E-state index in [9.17, 15) is 4.79 Å². The highest BCUT2D eigenvalue weighted by Crippen LogP contribution is 2.27. The second kappa shape index (κ2) is 5.64. The molecule has 2 fully saturated rings. The molecule has 16 heavy (non-hydrogen) atoms. The molecule has 92 valence electrons. The third kappa shape index (κ3) is 2.55. The van der Waals surface area contributed by atoms with E-state index in [4.69, 9.17) is 9.84 Å². The van der Waals surface area contributed by atoms with Gasteiger partial charge in [0.1, 0.15) is 6.10 Å². The SMILES string of the molecule is O=C([C@H]1CCCO1)N(CCCO)C1CCC1. The highest BCUT2D eigenvalue weighted by atomic mass is 16.5. The molecule has 4 nitrogen and oxygen atoms in total. The Morgan fingerprint density at radius 1 is 1.31 bits per heavy atom. The van der Waals surface area contributed by atoms with Crippen LogP contribution in [0.25, 0.3) is 0 Å². The molecule has 0 aromatic carbocycles. The van der Waals surface area contributed by atoms with E-state index in [2.05, 4.69) is 0 Å². The van der Waals surface area contributed by atoms with Crippen molar-refractivity contribution in [3.8, 4) is 0 Å². The number of hydrogen-bond acceptors (Lipinski definition) is 3. The highest BCUT2D eigenvalue weighted by molar-refractivity contribution is 5.81. The number of hydrogen-bond donors (Lipinski definition) is 1. The Kier molecular flexibility index (Phi) is 4.18. The van der Waals surface area contributed by atoms with Gasteiger partial charge in [-0.2, -0.15) is 0 Å². The van der Waals surface area contributed by atoms with Gasteiger partial charge in [-0.05, 0) is 38.5 Å². The molecule has 4 heteroatoms. The summed E-state index contributed by atoms with van der Waals surface area (Å²) < 4.78 is 5.44. The first kappa shape index (κ1) is 11.9. The van der Waals surface area contributed by atoms with Crippen LogP contribution in [0.15, 0.2) is 0 Å². The smallest absolute Gasteiger partial charge is 0.251 e. The molecule has 0 aromatic rings. The predicted octanol–water partition coefficient (Wildman–Crippen LogP) is 0.929. The van der Waals surface area contributed by atoms with Gasteiger partial charge in [-0.3, -0.25) is 4.79 Å². The number of aliphatic hydroxyl groups is 1. The molecule has 0 radical (unpaired) electrons. The molecule has 1 heterocycles. The molecule has 1 aliphatic carbocycles. The monoisotopic (exact) mass is 227 g/mol. The second-order valence-corrected chi connectivity index (χ2v) is 4.70. The fourth-order valence-corrected chi connectivity index (χ4v) is 2.37. The van der Waals surface area contributed by atoms with E-state index < -0.39 is 0 Å². The lowest BCUT2D eigenvalue weighted by atomic mass is 9.91. The Labute approximate surface area is 96.6 Å². The van der Waals surface area contributed by atoms with E-state index >= 15 is 0 Å². The minimum atomic E-state index is -0.209. The second-order valence-electron chi connectivity index (χ2n) is 4.70. The van der Waals surface area contributed by atoms with Gasteiger partial charge in [0, 0.05) is 25.8 Å². The summed E-state index contributed by atoms with van der Waals surface area (Å²) in [6, 6.07) is 0.406. The summed E-state index contributed by atoms with van der Waals surface area (Å²) in [7, 11) is 0. The van der Waals surface area contributed by atoms with Crippen LogP contribution in [0.4, 0.5) is 0 Å². The topological polar surface area (TPSA) is 49.8 Å². The minimum absolute atomic E-state index is 0.149. The third-order valence-electron chi connectivity index (χ3n) is 3.56. The quantitative estimate of drug-likeness (QED) is 0.760. The summed E-state index contributed by atoms with van der Waals surface area (Å²) in [5.41, 5.74) is 0. The van der Waals surface area contributed by atoms with Gasteiger partial charge in [0.2, 0.25) is 0 Å². The molecule has 1 saturated heterocycles. The van der Waals surface area contributed by atoms with E-state index in [1.807, 2.05) is 4.90 Å². The third-order valence-corrected chi connectivity index (χ3v) is 3.56. The first-order valence-corrected chi connectivity index (χ1v) is 6.36. The normalized spacial score (nSPS) is 25.4. The Balaban J connectivity index is 1.90. The van der Waals surface area contributed by atoms with Gasteiger partial charge in [0.05, 0.1) is 0 Å². The Morgan fingerprint density at radius 3 is 2.62 bits per heavy atom. The molecule has 1 atom stereocenters. The minimum Gasteiger partial charge on any atom is -0.396 e. The maximum absolute atomic E-state index is 12.2. The predicted molar refractivity (Wildman–Crippen MR) is 60.0 cm³/mol. The van der Waals surface area contributed by atoms with Crippen molar-refractivity contribution in [1.29, 1.82) is 0 Å². The Hall–Kier alpha value is -0.610. The fraction of sp³-hybridized carbons (Fsp3) is 0.917. The fourth-order valence-electron chi connectivity index (χ4n) is 2.37. The van der Waals surface area contributed by atoms with Crippen molar-refractivity contribution in [3.63, 3.8) is 0 Å². The molecule has 1 N–H and O–H groups in total. The first-order chi connectivity index (χ1) is 7.83. The van der Waals surface area contributed by atoms with Crippen molar-refractivity contribution in [3.05, 3.63) is 0 Å². The zero-order valence-corrected chi connectivity index (χ0v) is 9.73. The lowest BCUT2D eigenvalue weighted by molar-refractivity contribution is -0.145. The lowest BCUT2D eigenvalue weighted by Gasteiger charge is -2.38. The molecule has 2 rings (SSSR count). The summed E-state index contributed by atoms with van der Waals surface area (Å²) in [5, 5.41) is 8.87. The van der Waals surface area contributed by atoms with E-state index in [1.165, 1.54) is 6.42 Å². The van der Waals surface area contributed by atoms with Crippen LogP contribution in [-0.2, 0) is 9.53 Å². The number of carbonyl (C=O) groups is 1. The molecular formula is C12H21NO3. The molecule has 0 bridgehead atoms. The van der Waals surface area contributed by atoms with Gasteiger partial charge in [-0.15, -0.1) is 0 Å². The molecule has 1 amide bonds. The van der Waals surface area contributed by atoms with Crippen LogP contribution in [0.1, 0.15) is 38.5 Å². The average Bonchev–Trinajstić information content (AvgIpc) is 2.73. The molecule has 0 unspecified atom stereocenters. The number of carbonyl (C=O) groups excluding carboxylic acids is 1. The molecule has 0 spiro atoms. The summed E-state index contributed by atoms with van der Waals surface area (Å²) in [5.74, 6) is 0.149. The molecule has 2 aliphatic rings. The van der Waals surface area contributed by atoms with Crippen LogP contribution in [0.3, 0.4) is 0 Å². The Morgan fingerprint density at radius 2 is 2.12 bits per heavy atom. The average molecular weight is 227 g/mol. The molecule has 1 aliphatic heterocycles. The van der Waals surface area contributed by atoms with Crippen molar-refractivity contribution < 1.29 is 14.6 Å². The maximum atomic E-state index is 12.2. The number of rotatable bonds is 5. The van der Waals surface area contributed by atoms with Crippen LogP contribution in [0.5, 0.6) is 0 Å². The van der Waals surface area contributed by atoms with Crippen LogP contribution in [0, 0.1) is 0 Å². The van der Waals surface area contributed by atoms with Gasteiger partial charge in [-0.25, -0.2) is 0 Å². The van der Waals surface area contributed by atoms with Gasteiger partial charge in [-0.1, -0.05) is 0 Å². The largest absolute Gasteiger partial charge is 0.396 e. The van der Waals surface area contributed by atoms with Gasteiger partial charge >= 0.3 is 0 Å². The zero-order valence-electron chi connectivity index (χ0n) is 9.73. The van der Waals surface area contributed by atoms with Crippen molar-refractivity contribution in [2.75, 3.05) is 19.8 Å². The lowest BCUT2D eigenvalue weighted by Crippen LogP contribution is -2.48. The standard InChI is InChI=1S/C12H21NO3/c14-8-3-7-13(10-4-1-5-10)12(15)11-6-2-9-16-11/h10-11,14H,1-9H2/t11-/m1/s1. The Bertz CT molecular complexity index is 234. The maximum Gasteiger partial charge on any atom is 0.251 e. The van der Waals surface area contributed by atoms with Crippen molar-refractivity contribution in [1.82, 2.24) is 4.90 Å². The van der Waals surface area contributed by atoms with E-state index in [1.54, 1.807) is 0 Å². The van der Waals surface area contributed by atoms with E-state index in [0.717, 1.165) is 32.3 Å². The summed E-state index contributed by atoms with van der Waals surface area (Å²) >= 11 is 0. The van der Waals surface area contributed by atoms with Crippen molar-refractivity contribution >= 4 is 5.91 Å². The zero-order chi connectivity index (χ0) is 11.4. The highest BCUT2D eigenvalue weighted by Gasteiger charge is 2.34. The first-order valence-electron chi connectivity index (χ1n) is 6.36. The number of nitrogens with zero attached hydrogens (tertiary/aromatic N) is 1. The van der Waals surface area contributed by atoms with Crippen LogP contribution < -0.4 is 0 Å². The summed E-state index contributed by atoms with van der Waals surface area (Å²) in [4.78, 5) is 14.1. The number of amides is 1. The van der Waals surface area contributed by atoms with Crippen LogP contribution in [-0.4, -0.2) is 47.8 Å². The van der Waals surface area contributed by atoms with Crippen LogP contribution in [0.2, 0.25) is 0 Å². The number of ether oxygens (including phenoxy) is 1.